The molecule has 0 amide bonds. The fourth-order valence-corrected chi connectivity index (χ4v) is 2.17. The molecule has 1 heterocycles. The van der Waals surface area contributed by atoms with E-state index in [1.165, 1.54) is 5.56 Å². The predicted octanol–water partition coefficient (Wildman–Crippen LogP) is 2.17. The van der Waals surface area contributed by atoms with E-state index in [0.29, 0.717) is 6.10 Å². The average molecular weight is 230 g/mol. The van der Waals surface area contributed by atoms with E-state index in [0.717, 1.165) is 38.2 Å². The molecule has 90 valence electrons. The van der Waals surface area contributed by atoms with Gasteiger partial charge >= 0.3 is 0 Å². The molecule has 1 aromatic carbocycles. The predicted molar refractivity (Wildman–Crippen MR) is 66.5 cm³/mol. The molecule has 0 spiro atoms. The van der Waals surface area contributed by atoms with Crippen LogP contribution in [0, 0.1) is 11.3 Å². The van der Waals surface area contributed by atoms with Crippen molar-refractivity contribution in [3.05, 3.63) is 35.4 Å². The molecule has 0 saturated carbocycles. The summed E-state index contributed by atoms with van der Waals surface area (Å²) in [5, 5.41) is 8.74. The van der Waals surface area contributed by atoms with E-state index < -0.39 is 0 Å². The molecule has 0 radical (unpaired) electrons. The summed E-state index contributed by atoms with van der Waals surface area (Å²) in [4.78, 5) is 2.42. The largest absolute Gasteiger partial charge is 0.377 e. The van der Waals surface area contributed by atoms with Gasteiger partial charge in [0.05, 0.1) is 17.7 Å². The maximum Gasteiger partial charge on any atom is 0.0991 e. The van der Waals surface area contributed by atoms with Crippen molar-refractivity contribution in [3.8, 4) is 6.07 Å². The van der Waals surface area contributed by atoms with Crippen molar-refractivity contribution in [2.24, 2.45) is 0 Å². The first-order valence-electron chi connectivity index (χ1n) is 6.11. The van der Waals surface area contributed by atoms with Crippen molar-refractivity contribution in [3.63, 3.8) is 0 Å². The zero-order valence-corrected chi connectivity index (χ0v) is 10.2. The number of hydrogen-bond acceptors (Lipinski definition) is 3. The van der Waals surface area contributed by atoms with Crippen LogP contribution < -0.4 is 0 Å². The highest BCUT2D eigenvalue weighted by Crippen LogP contribution is 2.11. The maximum atomic E-state index is 8.74. The lowest BCUT2D eigenvalue weighted by molar-refractivity contribution is 0.0668. The highest BCUT2D eigenvalue weighted by molar-refractivity contribution is 5.31. The fourth-order valence-electron chi connectivity index (χ4n) is 2.17. The minimum Gasteiger partial charge on any atom is -0.377 e. The van der Waals surface area contributed by atoms with Crippen molar-refractivity contribution in [1.82, 2.24) is 4.90 Å². The van der Waals surface area contributed by atoms with Gasteiger partial charge in [0.1, 0.15) is 0 Å². The SMILES string of the molecule is CC1CN(Cc2ccc(C#N)cc2)CCCO1. The number of hydrogen-bond donors (Lipinski definition) is 0. The molecule has 0 bridgehead atoms. The Labute approximate surface area is 103 Å². The van der Waals surface area contributed by atoms with E-state index in [2.05, 4.69) is 17.9 Å². The molecule has 2 rings (SSSR count). The van der Waals surface area contributed by atoms with Crippen LogP contribution >= 0.6 is 0 Å². The van der Waals surface area contributed by atoms with Crippen molar-refractivity contribution in [1.29, 1.82) is 5.26 Å². The van der Waals surface area contributed by atoms with E-state index in [1.807, 2.05) is 24.3 Å². The molecule has 3 heteroatoms. The molecule has 17 heavy (non-hydrogen) atoms. The summed E-state index contributed by atoms with van der Waals surface area (Å²) < 4.78 is 5.62. The molecule has 1 saturated heterocycles. The summed E-state index contributed by atoms with van der Waals surface area (Å²) in [5.41, 5.74) is 1.99. The Morgan fingerprint density at radius 2 is 2.18 bits per heavy atom. The minimum atomic E-state index is 0.316. The minimum absolute atomic E-state index is 0.316. The van der Waals surface area contributed by atoms with Crippen LogP contribution in [0.3, 0.4) is 0 Å². The van der Waals surface area contributed by atoms with E-state index in [-0.39, 0.29) is 0 Å². The van der Waals surface area contributed by atoms with Gasteiger partial charge in [-0.3, -0.25) is 4.90 Å². The lowest BCUT2D eigenvalue weighted by Crippen LogP contribution is -2.29. The van der Waals surface area contributed by atoms with Crippen LogP contribution in [0.5, 0.6) is 0 Å². The Morgan fingerprint density at radius 3 is 2.88 bits per heavy atom. The summed E-state index contributed by atoms with van der Waals surface area (Å²) >= 11 is 0. The third-order valence-electron chi connectivity index (χ3n) is 3.03. The summed E-state index contributed by atoms with van der Waals surface area (Å²) in [7, 11) is 0. The quantitative estimate of drug-likeness (QED) is 0.781. The van der Waals surface area contributed by atoms with Crippen LogP contribution in [0.25, 0.3) is 0 Å². The average Bonchev–Trinajstić information content (AvgIpc) is 2.55. The molecule has 0 aromatic heterocycles. The van der Waals surface area contributed by atoms with Gasteiger partial charge in [-0.05, 0) is 31.0 Å². The van der Waals surface area contributed by atoms with Gasteiger partial charge in [0.15, 0.2) is 0 Å². The molecule has 1 fully saturated rings. The van der Waals surface area contributed by atoms with Crippen molar-refractivity contribution >= 4 is 0 Å². The van der Waals surface area contributed by atoms with Crippen molar-refractivity contribution < 1.29 is 4.74 Å². The molecule has 1 aromatic rings. The van der Waals surface area contributed by atoms with Crippen molar-refractivity contribution in [2.75, 3.05) is 19.7 Å². The molecule has 0 aliphatic carbocycles. The van der Waals surface area contributed by atoms with Gasteiger partial charge < -0.3 is 4.74 Å². The number of nitrogens with zero attached hydrogens (tertiary/aromatic N) is 2. The van der Waals surface area contributed by atoms with Gasteiger partial charge in [0.25, 0.3) is 0 Å². The van der Waals surface area contributed by atoms with Crippen LogP contribution in [0.2, 0.25) is 0 Å². The van der Waals surface area contributed by atoms with Crippen molar-refractivity contribution in [2.45, 2.75) is 26.0 Å². The fraction of sp³-hybridized carbons (Fsp3) is 0.500. The second-order valence-corrected chi connectivity index (χ2v) is 4.58. The van der Waals surface area contributed by atoms with Gasteiger partial charge in [-0.1, -0.05) is 12.1 Å². The maximum absolute atomic E-state index is 8.74. The van der Waals surface area contributed by atoms with E-state index in [4.69, 9.17) is 10.00 Å². The molecule has 1 aliphatic rings. The van der Waals surface area contributed by atoms with Crippen LogP contribution in [0.1, 0.15) is 24.5 Å². The highest BCUT2D eigenvalue weighted by atomic mass is 16.5. The smallest absolute Gasteiger partial charge is 0.0991 e. The van der Waals surface area contributed by atoms with Gasteiger partial charge in [-0.15, -0.1) is 0 Å². The first-order chi connectivity index (χ1) is 8.28. The Balaban J connectivity index is 1.97. The van der Waals surface area contributed by atoms with Crippen LogP contribution in [0.15, 0.2) is 24.3 Å². The van der Waals surface area contributed by atoms with Gasteiger partial charge in [-0.2, -0.15) is 5.26 Å². The topological polar surface area (TPSA) is 36.3 Å². The third kappa shape index (κ3) is 3.55. The Hall–Kier alpha value is -1.37. The molecule has 3 nitrogen and oxygen atoms in total. The zero-order chi connectivity index (χ0) is 12.1. The molecule has 1 unspecified atom stereocenters. The standard InChI is InChI=1S/C14H18N2O/c1-12-10-16(7-2-8-17-12)11-14-5-3-13(9-15)4-6-14/h3-6,12H,2,7-8,10-11H2,1H3. The number of benzene rings is 1. The van der Waals surface area contributed by atoms with E-state index >= 15 is 0 Å². The second kappa shape index (κ2) is 5.81. The normalized spacial score (nSPS) is 21.8. The van der Waals surface area contributed by atoms with E-state index in [9.17, 15) is 0 Å². The highest BCUT2D eigenvalue weighted by Gasteiger charge is 2.14. The van der Waals surface area contributed by atoms with E-state index in [1.54, 1.807) is 0 Å². The summed E-state index contributed by atoms with van der Waals surface area (Å²) in [5.74, 6) is 0. The lowest BCUT2D eigenvalue weighted by Gasteiger charge is -2.21. The lowest BCUT2D eigenvalue weighted by atomic mass is 10.1. The number of nitriles is 1. The van der Waals surface area contributed by atoms with Gasteiger partial charge in [0.2, 0.25) is 0 Å². The summed E-state index contributed by atoms with van der Waals surface area (Å²) in [6.45, 7) is 6.01. The van der Waals surface area contributed by atoms with Gasteiger partial charge in [0, 0.05) is 26.2 Å². The Bertz CT molecular complexity index is 394. The first-order valence-corrected chi connectivity index (χ1v) is 6.11. The monoisotopic (exact) mass is 230 g/mol. The van der Waals surface area contributed by atoms with Crippen LogP contribution in [0.4, 0.5) is 0 Å². The Morgan fingerprint density at radius 1 is 1.41 bits per heavy atom. The third-order valence-corrected chi connectivity index (χ3v) is 3.03. The van der Waals surface area contributed by atoms with Gasteiger partial charge in [-0.25, -0.2) is 0 Å². The Kier molecular flexibility index (Phi) is 4.13. The molecule has 1 atom stereocenters. The summed E-state index contributed by atoms with van der Waals surface area (Å²) in [6, 6.07) is 9.98. The molecule has 0 N–H and O–H groups in total. The molecule has 1 aliphatic heterocycles. The van der Waals surface area contributed by atoms with Crippen LogP contribution in [-0.2, 0) is 11.3 Å². The number of rotatable bonds is 2. The summed E-state index contributed by atoms with van der Waals surface area (Å²) in [6.07, 6.45) is 1.41. The first kappa shape index (κ1) is 12.1. The molecular weight excluding hydrogens is 212 g/mol. The molecular formula is C14H18N2O. The number of ether oxygens (including phenoxy) is 1. The second-order valence-electron chi connectivity index (χ2n) is 4.58. The zero-order valence-electron chi connectivity index (χ0n) is 10.2. The van der Waals surface area contributed by atoms with Crippen LogP contribution in [-0.4, -0.2) is 30.7 Å².